The van der Waals surface area contributed by atoms with Crippen LogP contribution in [-0.2, 0) is 23.1 Å². The number of halogens is 3. The SMILES string of the molecule is Cc1cc2oc(CC(=O)O)nc2cc1SCc1sc(-c2ccc(C(F)(F)F)cc2)nc1C. The minimum atomic E-state index is -4.36. The summed E-state index contributed by atoms with van der Waals surface area (Å²) in [6.07, 6.45) is -4.64. The fraction of sp³-hybridized carbons (Fsp3) is 0.227. The van der Waals surface area contributed by atoms with E-state index in [-0.39, 0.29) is 12.3 Å². The minimum absolute atomic E-state index is 0.161. The molecule has 0 aliphatic carbocycles. The summed E-state index contributed by atoms with van der Waals surface area (Å²) in [6, 6.07) is 8.72. The Hall–Kier alpha value is -2.85. The van der Waals surface area contributed by atoms with Crippen LogP contribution in [0.1, 0.15) is 27.6 Å². The van der Waals surface area contributed by atoms with Crippen molar-refractivity contribution in [3.8, 4) is 10.6 Å². The van der Waals surface area contributed by atoms with E-state index >= 15 is 0 Å². The van der Waals surface area contributed by atoms with Crippen molar-refractivity contribution in [1.29, 1.82) is 0 Å². The van der Waals surface area contributed by atoms with Crippen LogP contribution in [0.25, 0.3) is 21.7 Å². The molecule has 2 aromatic carbocycles. The first-order valence-electron chi connectivity index (χ1n) is 9.49. The lowest BCUT2D eigenvalue weighted by atomic mass is 10.1. The standard InChI is InChI=1S/C22H17F3N2O3S2/c1-11-7-16-15(27-19(30-16)9-20(28)29)8-17(11)31-10-18-12(2)26-21(32-18)13-3-5-14(6-4-13)22(23,24)25/h3-8H,9-10H2,1-2H3,(H,28,29). The summed E-state index contributed by atoms with van der Waals surface area (Å²) in [4.78, 5) is 21.7. The highest BCUT2D eigenvalue weighted by Crippen LogP contribution is 2.36. The van der Waals surface area contributed by atoms with Crippen LogP contribution in [-0.4, -0.2) is 21.0 Å². The van der Waals surface area contributed by atoms with E-state index in [2.05, 4.69) is 9.97 Å². The molecule has 0 saturated carbocycles. The summed E-state index contributed by atoms with van der Waals surface area (Å²) in [7, 11) is 0. The maximum absolute atomic E-state index is 12.8. The molecule has 32 heavy (non-hydrogen) atoms. The molecule has 0 saturated heterocycles. The molecule has 0 aliphatic heterocycles. The minimum Gasteiger partial charge on any atom is -0.481 e. The van der Waals surface area contributed by atoms with E-state index in [9.17, 15) is 18.0 Å². The second-order valence-corrected chi connectivity index (χ2v) is 9.26. The van der Waals surface area contributed by atoms with Gasteiger partial charge in [-0.25, -0.2) is 9.97 Å². The Balaban J connectivity index is 1.52. The van der Waals surface area contributed by atoms with Crippen LogP contribution < -0.4 is 0 Å². The number of thiazole rings is 1. The Morgan fingerprint density at radius 3 is 2.53 bits per heavy atom. The number of hydrogen-bond donors (Lipinski definition) is 1. The third-order valence-corrected chi connectivity index (χ3v) is 7.32. The lowest BCUT2D eigenvalue weighted by Crippen LogP contribution is -2.03. The number of alkyl halides is 3. The number of aryl methyl sites for hydroxylation is 2. The molecule has 0 radical (unpaired) electrons. The van der Waals surface area contributed by atoms with Gasteiger partial charge in [-0.2, -0.15) is 13.2 Å². The first-order chi connectivity index (χ1) is 15.1. The van der Waals surface area contributed by atoms with Crippen LogP contribution in [0.3, 0.4) is 0 Å². The molecule has 0 unspecified atom stereocenters. The van der Waals surface area contributed by atoms with Crippen molar-refractivity contribution in [2.45, 2.75) is 37.1 Å². The maximum Gasteiger partial charge on any atom is 0.416 e. The van der Waals surface area contributed by atoms with Gasteiger partial charge >= 0.3 is 12.1 Å². The Bertz CT molecular complexity index is 1290. The van der Waals surface area contributed by atoms with E-state index in [1.807, 2.05) is 26.0 Å². The van der Waals surface area contributed by atoms with Gasteiger partial charge in [-0.3, -0.25) is 4.79 Å². The summed E-state index contributed by atoms with van der Waals surface area (Å²) in [6.45, 7) is 3.82. The largest absolute Gasteiger partial charge is 0.481 e. The van der Waals surface area contributed by atoms with Gasteiger partial charge in [0.15, 0.2) is 5.58 Å². The van der Waals surface area contributed by atoms with Crippen LogP contribution in [0.2, 0.25) is 0 Å². The van der Waals surface area contributed by atoms with Gasteiger partial charge in [-0.05, 0) is 43.7 Å². The normalized spacial score (nSPS) is 11.9. The Labute approximate surface area is 189 Å². The fourth-order valence-electron chi connectivity index (χ4n) is 3.10. The molecular formula is C22H17F3N2O3S2. The zero-order valence-corrected chi connectivity index (χ0v) is 18.6. The van der Waals surface area contributed by atoms with Crippen molar-refractivity contribution in [1.82, 2.24) is 9.97 Å². The number of aromatic nitrogens is 2. The van der Waals surface area contributed by atoms with Gasteiger partial charge < -0.3 is 9.52 Å². The van der Waals surface area contributed by atoms with E-state index in [4.69, 9.17) is 9.52 Å². The van der Waals surface area contributed by atoms with Crippen LogP contribution >= 0.6 is 23.1 Å². The molecule has 4 rings (SSSR count). The van der Waals surface area contributed by atoms with Gasteiger partial charge in [0.2, 0.25) is 5.89 Å². The molecule has 2 aromatic heterocycles. The Morgan fingerprint density at radius 1 is 1.16 bits per heavy atom. The quantitative estimate of drug-likeness (QED) is 0.319. The van der Waals surface area contributed by atoms with Gasteiger partial charge in [0.25, 0.3) is 0 Å². The van der Waals surface area contributed by atoms with Crippen molar-refractivity contribution in [3.05, 3.63) is 64.0 Å². The van der Waals surface area contributed by atoms with Crippen molar-refractivity contribution in [2.75, 3.05) is 0 Å². The lowest BCUT2D eigenvalue weighted by molar-refractivity contribution is -0.138. The predicted octanol–water partition coefficient (Wildman–Crippen LogP) is 6.51. The zero-order chi connectivity index (χ0) is 23.0. The first-order valence-corrected chi connectivity index (χ1v) is 11.3. The van der Waals surface area contributed by atoms with Gasteiger partial charge in [0, 0.05) is 21.1 Å². The Morgan fingerprint density at radius 2 is 1.88 bits per heavy atom. The van der Waals surface area contributed by atoms with Crippen LogP contribution in [0.4, 0.5) is 13.2 Å². The second kappa shape index (κ2) is 8.59. The summed E-state index contributed by atoms with van der Waals surface area (Å²) >= 11 is 3.04. The van der Waals surface area contributed by atoms with Crippen LogP contribution in [0.5, 0.6) is 0 Å². The average molecular weight is 479 g/mol. The number of nitrogens with zero attached hydrogens (tertiary/aromatic N) is 2. The molecule has 4 aromatic rings. The van der Waals surface area contributed by atoms with Crippen molar-refractivity contribution in [3.63, 3.8) is 0 Å². The number of rotatable bonds is 6. The molecule has 166 valence electrons. The fourth-order valence-corrected chi connectivity index (χ4v) is 5.35. The number of fused-ring (bicyclic) bond motifs is 1. The number of oxazole rings is 1. The molecule has 5 nitrogen and oxygen atoms in total. The molecule has 0 fully saturated rings. The highest BCUT2D eigenvalue weighted by Gasteiger charge is 2.30. The molecule has 2 heterocycles. The molecule has 0 amide bonds. The third-order valence-electron chi connectivity index (χ3n) is 4.74. The zero-order valence-electron chi connectivity index (χ0n) is 17.0. The molecule has 0 aliphatic rings. The predicted molar refractivity (Wildman–Crippen MR) is 117 cm³/mol. The van der Waals surface area contributed by atoms with Crippen molar-refractivity contribution < 1.29 is 27.5 Å². The number of thioether (sulfide) groups is 1. The van der Waals surface area contributed by atoms with Crippen LogP contribution in [0, 0.1) is 13.8 Å². The van der Waals surface area contributed by atoms with E-state index in [1.54, 1.807) is 11.8 Å². The molecular weight excluding hydrogens is 461 g/mol. The molecule has 0 spiro atoms. The van der Waals surface area contributed by atoms with Gasteiger partial charge in [0.05, 0.1) is 11.3 Å². The monoisotopic (exact) mass is 478 g/mol. The first kappa shape index (κ1) is 22.3. The number of carboxylic acid groups (broad SMARTS) is 1. The maximum atomic E-state index is 12.8. The number of carboxylic acids is 1. The molecule has 10 heteroatoms. The highest BCUT2D eigenvalue weighted by atomic mass is 32.2. The van der Waals surface area contributed by atoms with E-state index in [0.717, 1.165) is 33.2 Å². The second-order valence-electron chi connectivity index (χ2n) is 7.15. The topological polar surface area (TPSA) is 76.2 Å². The van der Waals surface area contributed by atoms with Gasteiger partial charge in [0.1, 0.15) is 16.9 Å². The molecule has 0 atom stereocenters. The van der Waals surface area contributed by atoms with E-state index < -0.39 is 17.7 Å². The highest BCUT2D eigenvalue weighted by molar-refractivity contribution is 7.98. The summed E-state index contributed by atoms with van der Waals surface area (Å²) in [5.74, 6) is -0.211. The molecule has 1 N–H and O–H groups in total. The smallest absolute Gasteiger partial charge is 0.416 e. The number of aliphatic carboxylic acids is 1. The van der Waals surface area contributed by atoms with E-state index in [1.165, 1.54) is 23.5 Å². The Kier molecular flexibility index (Phi) is 6.00. The van der Waals surface area contributed by atoms with Crippen LogP contribution in [0.15, 0.2) is 45.7 Å². The molecule has 0 bridgehead atoms. The number of hydrogen-bond acceptors (Lipinski definition) is 6. The third kappa shape index (κ3) is 4.81. The number of benzene rings is 2. The van der Waals surface area contributed by atoms with Gasteiger partial charge in [-0.15, -0.1) is 23.1 Å². The lowest BCUT2D eigenvalue weighted by Gasteiger charge is -2.06. The van der Waals surface area contributed by atoms with E-state index in [0.29, 0.717) is 27.4 Å². The summed E-state index contributed by atoms with van der Waals surface area (Å²) in [5.41, 5.74) is 2.92. The summed E-state index contributed by atoms with van der Waals surface area (Å²) < 4.78 is 43.9. The number of carbonyl (C=O) groups is 1. The van der Waals surface area contributed by atoms with Crippen molar-refractivity contribution >= 4 is 40.2 Å². The summed E-state index contributed by atoms with van der Waals surface area (Å²) in [5, 5.41) is 9.59. The van der Waals surface area contributed by atoms with Gasteiger partial charge in [-0.1, -0.05) is 12.1 Å². The van der Waals surface area contributed by atoms with Crippen molar-refractivity contribution in [2.24, 2.45) is 0 Å². The average Bonchev–Trinajstić information content (AvgIpc) is 3.27.